The number of hydrogen-bond acceptors (Lipinski definition) is 1. The Morgan fingerprint density at radius 2 is 1.81 bits per heavy atom. The summed E-state index contributed by atoms with van der Waals surface area (Å²) in [6, 6.07) is 5.70. The molecule has 2 heteroatoms. The number of nitrogens with one attached hydrogen (secondary N) is 1. The van der Waals surface area contributed by atoms with Gasteiger partial charge in [-0.15, -0.1) is 0 Å². The fourth-order valence-corrected chi connectivity index (χ4v) is 2.77. The molecule has 0 radical (unpaired) electrons. The van der Waals surface area contributed by atoms with Gasteiger partial charge >= 0.3 is 0 Å². The van der Waals surface area contributed by atoms with Crippen LogP contribution < -0.4 is 5.32 Å². The second-order valence-corrected chi connectivity index (χ2v) is 6.13. The van der Waals surface area contributed by atoms with Gasteiger partial charge in [0.05, 0.1) is 0 Å². The van der Waals surface area contributed by atoms with E-state index >= 15 is 0 Å². The largest absolute Gasteiger partial charge is 0.314 e. The molecule has 1 N–H and O–H groups in total. The second kappa shape index (κ2) is 10.8. The highest BCUT2D eigenvalue weighted by molar-refractivity contribution is 5.27. The molecule has 0 aliphatic heterocycles. The molecule has 0 saturated carbocycles. The first kappa shape index (κ1) is 18.2. The van der Waals surface area contributed by atoms with Crippen molar-refractivity contribution < 1.29 is 4.39 Å². The molecule has 120 valence electrons. The molecule has 1 aromatic carbocycles. The van der Waals surface area contributed by atoms with Crippen LogP contribution >= 0.6 is 0 Å². The van der Waals surface area contributed by atoms with E-state index in [1.807, 2.05) is 13.0 Å². The maximum atomic E-state index is 13.2. The van der Waals surface area contributed by atoms with E-state index in [1.54, 1.807) is 12.1 Å². The van der Waals surface area contributed by atoms with E-state index in [0.717, 1.165) is 24.9 Å². The van der Waals surface area contributed by atoms with Crippen LogP contribution in [0.5, 0.6) is 0 Å². The third-order valence-corrected chi connectivity index (χ3v) is 4.11. The van der Waals surface area contributed by atoms with Gasteiger partial charge in [-0.1, -0.05) is 52.0 Å². The van der Waals surface area contributed by atoms with Crippen LogP contribution in [0.4, 0.5) is 4.39 Å². The molecule has 1 unspecified atom stereocenters. The number of unbranched alkanes of at least 4 members (excludes halogenated alkanes) is 4. The van der Waals surface area contributed by atoms with Gasteiger partial charge in [-0.05, 0) is 56.0 Å². The molecule has 0 aromatic heterocycles. The molecular formula is C19H32FN. The van der Waals surface area contributed by atoms with Gasteiger partial charge in [0.15, 0.2) is 0 Å². The molecule has 0 spiro atoms. The summed E-state index contributed by atoms with van der Waals surface area (Å²) >= 11 is 0. The zero-order valence-electron chi connectivity index (χ0n) is 14.1. The molecule has 0 fully saturated rings. The fraction of sp³-hybridized carbons (Fsp3) is 0.684. The SMILES string of the molecule is CCCCCCCC(Cc1ccc(F)cc1C)NCCC. The third-order valence-electron chi connectivity index (χ3n) is 4.11. The highest BCUT2D eigenvalue weighted by atomic mass is 19.1. The molecule has 0 amide bonds. The van der Waals surface area contributed by atoms with Crippen LogP contribution in [0, 0.1) is 12.7 Å². The first-order valence-electron chi connectivity index (χ1n) is 8.65. The van der Waals surface area contributed by atoms with Gasteiger partial charge in [-0.25, -0.2) is 4.39 Å². The fourth-order valence-electron chi connectivity index (χ4n) is 2.77. The summed E-state index contributed by atoms with van der Waals surface area (Å²) in [5, 5.41) is 3.66. The minimum atomic E-state index is -0.131. The van der Waals surface area contributed by atoms with Crippen molar-refractivity contribution in [2.24, 2.45) is 0 Å². The van der Waals surface area contributed by atoms with E-state index in [0.29, 0.717) is 6.04 Å². The Hall–Kier alpha value is -0.890. The Bertz CT molecular complexity index is 389. The van der Waals surface area contributed by atoms with Crippen molar-refractivity contribution in [1.82, 2.24) is 5.32 Å². The van der Waals surface area contributed by atoms with E-state index in [9.17, 15) is 4.39 Å². The molecule has 21 heavy (non-hydrogen) atoms. The predicted molar refractivity (Wildman–Crippen MR) is 90.3 cm³/mol. The van der Waals surface area contributed by atoms with Gasteiger partial charge in [0, 0.05) is 6.04 Å². The normalized spacial score (nSPS) is 12.6. The number of hydrogen-bond donors (Lipinski definition) is 1. The summed E-state index contributed by atoms with van der Waals surface area (Å²) in [7, 11) is 0. The zero-order valence-corrected chi connectivity index (χ0v) is 14.1. The lowest BCUT2D eigenvalue weighted by molar-refractivity contribution is 0.450. The van der Waals surface area contributed by atoms with Crippen molar-refractivity contribution in [2.75, 3.05) is 6.54 Å². The van der Waals surface area contributed by atoms with E-state index in [-0.39, 0.29) is 5.82 Å². The van der Waals surface area contributed by atoms with Crippen LogP contribution in [0.3, 0.4) is 0 Å². The van der Waals surface area contributed by atoms with E-state index in [4.69, 9.17) is 0 Å². The average Bonchev–Trinajstić information content (AvgIpc) is 2.46. The van der Waals surface area contributed by atoms with Gasteiger partial charge in [-0.2, -0.15) is 0 Å². The highest BCUT2D eigenvalue weighted by Crippen LogP contribution is 2.16. The van der Waals surface area contributed by atoms with Gasteiger partial charge in [0.25, 0.3) is 0 Å². The Morgan fingerprint density at radius 3 is 2.48 bits per heavy atom. The maximum absolute atomic E-state index is 13.2. The molecule has 1 rings (SSSR count). The summed E-state index contributed by atoms with van der Waals surface area (Å²) in [5.74, 6) is -0.131. The molecular weight excluding hydrogens is 261 g/mol. The van der Waals surface area contributed by atoms with Crippen LogP contribution in [0.15, 0.2) is 18.2 Å². The first-order chi connectivity index (χ1) is 10.2. The molecule has 0 aliphatic carbocycles. The Labute approximate surface area is 130 Å². The summed E-state index contributed by atoms with van der Waals surface area (Å²) in [4.78, 5) is 0. The highest BCUT2D eigenvalue weighted by Gasteiger charge is 2.10. The van der Waals surface area contributed by atoms with Crippen molar-refractivity contribution in [3.8, 4) is 0 Å². The Morgan fingerprint density at radius 1 is 1.05 bits per heavy atom. The summed E-state index contributed by atoms with van der Waals surface area (Å²) < 4.78 is 13.2. The number of halogens is 1. The van der Waals surface area contributed by atoms with Crippen molar-refractivity contribution in [2.45, 2.75) is 78.2 Å². The van der Waals surface area contributed by atoms with Gasteiger partial charge < -0.3 is 5.32 Å². The first-order valence-corrected chi connectivity index (χ1v) is 8.65. The van der Waals surface area contributed by atoms with Crippen LogP contribution in [0.25, 0.3) is 0 Å². The lowest BCUT2D eigenvalue weighted by atomic mass is 9.97. The van der Waals surface area contributed by atoms with E-state index in [1.165, 1.54) is 44.1 Å². The van der Waals surface area contributed by atoms with Crippen LogP contribution in [-0.4, -0.2) is 12.6 Å². The minimum absolute atomic E-state index is 0.131. The van der Waals surface area contributed by atoms with Gasteiger partial charge in [0.2, 0.25) is 0 Å². The molecule has 1 nitrogen and oxygen atoms in total. The summed E-state index contributed by atoms with van der Waals surface area (Å²) in [6.45, 7) is 7.54. The average molecular weight is 293 g/mol. The number of rotatable bonds is 11. The standard InChI is InChI=1S/C19H32FN/c1-4-6-7-8-9-10-19(21-13-5-2)15-17-11-12-18(20)14-16(17)3/h11-12,14,19,21H,4-10,13,15H2,1-3H3. The second-order valence-electron chi connectivity index (χ2n) is 6.13. The topological polar surface area (TPSA) is 12.0 Å². The van der Waals surface area contributed by atoms with Crippen molar-refractivity contribution in [3.05, 3.63) is 35.1 Å². The van der Waals surface area contributed by atoms with Crippen LogP contribution in [-0.2, 0) is 6.42 Å². The quantitative estimate of drug-likeness (QED) is 0.538. The maximum Gasteiger partial charge on any atom is 0.123 e. The monoisotopic (exact) mass is 293 g/mol. The zero-order chi connectivity index (χ0) is 15.5. The number of benzene rings is 1. The number of aryl methyl sites for hydroxylation is 1. The molecule has 1 atom stereocenters. The Kier molecular flexibility index (Phi) is 9.32. The van der Waals surface area contributed by atoms with E-state index in [2.05, 4.69) is 19.2 Å². The predicted octanol–water partition coefficient (Wildman–Crippen LogP) is 5.41. The minimum Gasteiger partial charge on any atom is -0.314 e. The lowest BCUT2D eigenvalue weighted by Crippen LogP contribution is -2.32. The summed E-state index contributed by atoms with van der Waals surface area (Å²) in [6.07, 6.45) is 10.0. The van der Waals surface area contributed by atoms with Crippen LogP contribution in [0.1, 0.15) is 69.9 Å². The smallest absolute Gasteiger partial charge is 0.123 e. The van der Waals surface area contributed by atoms with Gasteiger partial charge in [-0.3, -0.25) is 0 Å². The summed E-state index contributed by atoms with van der Waals surface area (Å²) in [5.41, 5.74) is 2.35. The molecule has 1 aromatic rings. The molecule has 0 aliphatic rings. The van der Waals surface area contributed by atoms with Crippen LogP contribution in [0.2, 0.25) is 0 Å². The lowest BCUT2D eigenvalue weighted by Gasteiger charge is -2.20. The third kappa shape index (κ3) is 7.61. The molecule has 0 heterocycles. The van der Waals surface area contributed by atoms with Crippen molar-refractivity contribution in [3.63, 3.8) is 0 Å². The Balaban J connectivity index is 2.48. The van der Waals surface area contributed by atoms with Crippen molar-refractivity contribution in [1.29, 1.82) is 0 Å². The molecule has 0 saturated heterocycles. The van der Waals surface area contributed by atoms with Crippen molar-refractivity contribution >= 4 is 0 Å². The van der Waals surface area contributed by atoms with E-state index < -0.39 is 0 Å². The van der Waals surface area contributed by atoms with Gasteiger partial charge in [0.1, 0.15) is 5.82 Å². The molecule has 0 bridgehead atoms.